The molecule has 0 saturated carbocycles. The minimum Gasteiger partial charge on any atom is -0.423 e. The van der Waals surface area contributed by atoms with Crippen molar-refractivity contribution in [3.05, 3.63) is 52.4 Å². The Hall–Kier alpha value is -2.57. The molecule has 0 radical (unpaired) electrons. The van der Waals surface area contributed by atoms with E-state index in [4.69, 9.17) is 9.15 Å². The van der Waals surface area contributed by atoms with Crippen molar-refractivity contribution in [2.24, 2.45) is 0 Å². The molecule has 21 heavy (non-hydrogen) atoms. The molecule has 110 valence electrons. The first kappa shape index (κ1) is 14.8. The van der Waals surface area contributed by atoms with Gasteiger partial charge in [-0.2, -0.15) is 13.2 Å². The molecule has 0 aliphatic rings. The third-order valence-electron chi connectivity index (χ3n) is 2.58. The maximum atomic E-state index is 12.8. The van der Waals surface area contributed by atoms with Gasteiger partial charge in [-0.15, -0.1) is 0 Å². The van der Waals surface area contributed by atoms with Gasteiger partial charge in [-0.1, -0.05) is 6.58 Å². The van der Waals surface area contributed by atoms with E-state index in [2.05, 4.69) is 6.58 Å². The van der Waals surface area contributed by atoms with Crippen LogP contribution in [-0.2, 0) is 11.0 Å². The van der Waals surface area contributed by atoms with E-state index in [0.717, 1.165) is 12.1 Å². The molecule has 0 aliphatic heterocycles. The van der Waals surface area contributed by atoms with Crippen LogP contribution in [0.1, 0.15) is 12.5 Å². The fourth-order valence-corrected chi connectivity index (χ4v) is 1.64. The normalized spacial score (nSPS) is 11.4. The molecule has 4 nitrogen and oxygen atoms in total. The number of hydrogen-bond donors (Lipinski definition) is 0. The molecule has 0 atom stereocenters. The van der Waals surface area contributed by atoms with E-state index in [-0.39, 0.29) is 22.3 Å². The lowest BCUT2D eigenvalue weighted by Gasteiger charge is -2.10. The molecule has 0 aliphatic carbocycles. The molecular weight excluding hydrogens is 289 g/mol. The average Bonchev–Trinajstić information content (AvgIpc) is 2.36. The number of fused-ring (bicyclic) bond motifs is 1. The minimum absolute atomic E-state index is 0.0435. The number of alkyl halides is 3. The van der Waals surface area contributed by atoms with Gasteiger partial charge in [-0.3, -0.25) is 0 Å². The fourth-order valence-electron chi connectivity index (χ4n) is 1.64. The Bertz CT molecular complexity index is 787. The lowest BCUT2D eigenvalue weighted by molar-refractivity contribution is -0.136. The number of carbonyl (C=O) groups is 1. The smallest absolute Gasteiger partial charge is 0.417 e. The minimum atomic E-state index is -4.69. The number of halogens is 3. The van der Waals surface area contributed by atoms with Crippen molar-refractivity contribution in [1.29, 1.82) is 0 Å². The van der Waals surface area contributed by atoms with Crippen LogP contribution in [-0.4, -0.2) is 5.97 Å². The second-order valence-electron chi connectivity index (χ2n) is 4.30. The molecule has 1 aromatic carbocycles. The highest BCUT2D eigenvalue weighted by atomic mass is 19.4. The number of carbonyl (C=O) groups excluding carboxylic acids is 1. The van der Waals surface area contributed by atoms with Crippen molar-refractivity contribution < 1.29 is 27.1 Å². The van der Waals surface area contributed by atoms with Gasteiger partial charge < -0.3 is 9.15 Å². The Kier molecular flexibility index (Phi) is 3.59. The summed E-state index contributed by atoms with van der Waals surface area (Å²) in [6.07, 6.45) is -4.69. The molecule has 2 rings (SSSR count). The highest BCUT2D eigenvalue weighted by Crippen LogP contribution is 2.34. The second kappa shape index (κ2) is 5.08. The molecule has 7 heteroatoms. The van der Waals surface area contributed by atoms with Gasteiger partial charge in [0.1, 0.15) is 11.3 Å². The number of esters is 1. The number of ether oxygens (including phenoxy) is 1. The number of hydrogen-bond acceptors (Lipinski definition) is 4. The van der Waals surface area contributed by atoms with Gasteiger partial charge in [0.15, 0.2) is 0 Å². The Morgan fingerprint density at radius 3 is 2.52 bits per heavy atom. The van der Waals surface area contributed by atoms with Gasteiger partial charge in [-0.25, -0.2) is 9.59 Å². The summed E-state index contributed by atoms with van der Waals surface area (Å²) < 4.78 is 48.1. The second-order valence-corrected chi connectivity index (χ2v) is 4.30. The summed E-state index contributed by atoms with van der Waals surface area (Å²) in [7, 11) is 0. The van der Waals surface area contributed by atoms with Crippen LogP contribution < -0.4 is 10.4 Å². The van der Waals surface area contributed by atoms with E-state index in [1.165, 1.54) is 13.0 Å². The summed E-state index contributed by atoms with van der Waals surface area (Å²) in [6.45, 7) is 4.80. The maximum Gasteiger partial charge on any atom is 0.417 e. The first-order chi connectivity index (χ1) is 9.68. The van der Waals surface area contributed by atoms with Crippen LogP contribution in [0.5, 0.6) is 5.75 Å². The number of benzene rings is 1. The molecule has 0 unspecified atom stereocenters. The van der Waals surface area contributed by atoms with E-state index in [0.29, 0.717) is 6.07 Å². The predicted octanol–water partition coefficient (Wildman–Crippen LogP) is 3.29. The maximum absolute atomic E-state index is 12.8. The van der Waals surface area contributed by atoms with Gasteiger partial charge in [0, 0.05) is 23.1 Å². The van der Waals surface area contributed by atoms with Crippen molar-refractivity contribution in [2.75, 3.05) is 0 Å². The fraction of sp³-hybridized carbons (Fsp3) is 0.143. The molecule has 1 aromatic heterocycles. The standard InChI is InChI=1S/C14H9F3O4/c1-7(2)13(19)20-8-3-4-9-10(14(15,16)17)6-12(18)21-11(9)5-8/h3-6H,1H2,2H3. The van der Waals surface area contributed by atoms with Crippen LogP contribution in [0.2, 0.25) is 0 Å². The Morgan fingerprint density at radius 2 is 1.95 bits per heavy atom. The van der Waals surface area contributed by atoms with E-state index >= 15 is 0 Å². The van der Waals surface area contributed by atoms with E-state index in [1.54, 1.807) is 0 Å². The molecule has 0 bridgehead atoms. The largest absolute Gasteiger partial charge is 0.423 e. The molecular formula is C14H9F3O4. The first-order valence-electron chi connectivity index (χ1n) is 5.71. The average molecular weight is 298 g/mol. The Balaban J connectivity index is 2.57. The van der Waals surface area contributed by atoms with Gasteiger partial charge in [0.25, 0.3) is 0 Å². The highest BCUT2D eigenvalue weighted by molar-refractivity contribution is 5.90. The lowest BCUT2D eigenvalue weighted by Crippen LogP contribution is -2.11. The predicted molar refractivity (Wildman–Crippen MR) is 67.9 cm³/mol. The Morgan fingerprint density at radius 1 is 1.29 bits per heavy atom. The van der Waals surface area contributed by atoms with Crippen molar-refractivity contribution in [3.63, 3.8) is 0 Å². The van der Waals surface area contributed by atoms with Crippen LogP contribution in [0.25, 0.3) is 11.0 Å². The van der Waals surface area contributed by atoms with Gasteiger partial charge in [-0.05, 0) is 19.1 Å². The Labute approximate surface area is 116 Å². The molecule has 0 spiro atoms. The van der Waals surface area contributed by atoms with Crippen LogP contribution >= 0.6 is 0 Å². The third kappa shape index (κ3) is 3.13. The highest BCUT2D eigenvalue weighted by Gasteiger charge is 2.33. The summed E-state index contributed by atoms with van der Waals surface area (Å²) in [5, 5.41) is -0.294. The van der Waals surface area contributed by atoms with Gasteiger partial charge in [0.2, 0.25) is 0 Å². The zero-order valence-corrected chi connectivity index (χ0v) is 10.8. The van der Waals surface area contributed by atoms with Gasteiger partial charge in [0.05, 0.1) is 5.56 Å². The van der Waals surface area contributed by atoms with Crippen molar-refractivity contribution in [3.8, 4) is 5.75 Å². The summed E-state index contributed by atoms with van der Waals surface area (Å²) in [5.74, 6) is -0.776. The molecule has 2 aromatic rings. The van der Waals surface area contributed by atoms with Crippen molar-refractivity contribution >= 4 is 16.9 Å². The van der Waals surface area contributed by atoms with E-state index < -0.39 is 23.3 Å². The van der Waals surface area contributed by atoms with Crippen LogP contribution in [0.3, 0.4) is 0 Å². The molecule has 1 heterocycles. The number of rotatable bonds is 2. The monoisotopic (exact) mass is 298 g/mol. The van der Waals surface area contributed by atoms with Crippen LogP contribution in [0.4, 0.5) is 13.2 Å². The third-order valence-corrected chi connectivity index (χ3v) is 2.58. The van der Waals surface area contributed by atoms with Crippen molar-refractivity contribution in [2.45, 2.75) is 13.1 Å². The lowest BCUT2D eigenvalue weighted by atomic mass is 10.1. The van der Waals surface area contributed by atoms with E-state index in [1.807, 2.05) is 0 Å². The molecule has 0 saturated heterocycles. The van der Waals surface area contributed by atoms with Crippen molar-refractivity contribution in [1.82, 2.24) is 0 Å². The molecule has 0 amide bonds. The SMILES string of the molecule is C=C(C)C(=O)Oc1ccc2c(C(F)(F)F)cc(=O)oc2c1. The molecule has 0 fully saturated rings. The zero-order chi connectivity index (χ0) is 15.8. The summed E-state index contributed by atoms with van der Waals surface area (Å²) >= 11 is 0. The summed E-state index contributed by atoms with van der Waals surface area (Å²) in [5.41, 5.74) is -2.44. The van der Waals surface area contributed by atoms with Crippen LogP contribution in [0.15, 0.2) is 45.6 Å². The quantitative estimate of drug-likeness (QED) is 0.369. The molecule has 0 N–H and O–H groups in total. The van der Waals surface area contributed by atoms with E-state index in [9.17, 15) is 22.8 Å². The zero-order valence-electron chi connectivity index (χ0n) is 10.8. The summed E-state index contributed by atoms with van der Waals surface area (Å²) in [4.78, 5) is 22.6. The first-order valence-corrected chi connectivity index (χ1v) is 5.71. The summed E-state index contributed by atoms with van der Waals surface area (Å²) in [6, 6.07) is 3.68. The topological polar surface area (TPSA) is 56.5 Å². The van der Waals surface area contributed by atoms with Gasteiger partial charge >= 0.3 is 17.8 Å². The van der Waals surface area contributed by atoms with Crippen LogP contribution in [0, 0.1) is 0 Å².